The summed E-state index contributed by atoms with van der Waals surface area (Å²) in [7, 11) is 1.87. The molecule has 1 saturated heterocycles. The van der Waals surface area contributed by atoms with Crippen molar-refractivity contribution in [1.82, 2.24) is 34.9 Å². The third kappa shape index (κ3) is 11.1. The Morgan fingerprint density at radius 3 is 2.44 bits per heavy atom. The third-order valence-corrected chi connectivity index (χ3v) is 13.0. The number of benzene rings is 1. The number of halogens is 1. The molecule has 1 aliphatic heterocycles. The van der Waals surface area contributed by atoms with Crippen molar-refractivity contribution in [3.05, 3.63) is 88.5 Å². The van der Waals surface area contributed by atoms with E-state index in [0.717, 1.165) is 67.1 Å². The van der Waals surface area contributed by atoms with Gasteiger partial charge in [-0.3, -0.25) is 4.79 Å². The van der Waals surface area contributed by atoms with Crippen molar-refractivity contribution in [3.63, 3.8) is 0 Å². The zero-order chi connectivity index (χ0) is 46.8. The Kier molecular flexibility index (Phi) is 15.8. The molecule has 2 fully saturated rings. The first-order valence-corrected chi connectivity index (χ1v) is 23.1. The molecule has 5 heterocycles. The predicted molar refractivity (Wildman–Crippen MR) is 252 cm³/mol. The largest absolute Gasteiger partial charge is 0.489 e. The summed E-state index contributed by atoms with van der Waals surface area (Å²) in [5.74, 6) is 3.08. The fraction of sp³-hybridized carbons (Fsp3) is 0.521. The number of aromatic nitrogens is 6. The molecule has 0 unspecified atom stereocenters. The van der Waals surface area contributed by atoms with E-state index in [1.807, 2.05) is 34.8 Å². The van der Waals surface area contributed by atoms with Crippen LogP contribution >= 0.6 is 11.6 Å². The number of amides is 1. The molecule has 0 bridgehead atoms. The van der Waals surface area contributed by atoms with Crippen LogP contribution in [0.1, 0.15) is 87.4 Å². The van der Waals surface area contributed by atoms with Crippen LogP contribution in [0.5, 0.6) is 11.6 Å². The second-order valence-corrected chi connectivity index (χ2v) is 18.4. The van der Waals surface area contributed by atoms with Gasteiger partial charge in [-0.15, -0.1) is 0 Å². The maximum atomic E-state index is 13.3. The van der Waals surface area contributed by atoms with Crippen LogP contribution in [0.4, 0.5) is 17.6 Å². The Morgan fingerprint density at radius 2 is 1.74 bits per heavy atom. The summed E-state index contributed by atoms with van der Waals surface area (Å²) in [6, 6.07) is 13.1. The van der Waals surface area contributed by atoms with Crippen molar-refractivity contribution in [1.29, 1.82) is 5.26 Å². The average molecular weight is 925 g/mol. The summed E-state index contributed by atoms with van der Waals surface area (Å²) < 4.78 is 25.5. The molecule has 1 aromatic carbocycles. The number of anilines is 3. The van der Waals surface area contributed by atoms with Crippen LogP contribution in [0.2, 0.25) is 5.02 Å². The highest BCUT2D eigenvalue weighted by molar-refractivity contribution is 6.31. The molecule has 1 saturated carbocycles. The first-order chi connectivity index (χ1) is 31.8. The summed E-state index contributed by atoms with van der Waals surface area (Å²) in [4.78, 5) is 35.9. The maximum Gasteiger partial charge on any atom is 0.254 e. The Morgan fingerprint density at radius 1 is 0.985 bits per heavy atom. The summed E-state index contributed by atoms with van der Waals surface area (Å²) >= 11 is 6.24. The Labute approximate surface area is 391 Å². The molecular weight excluding hydrogens is 862 g/mol. The van der Waals surface area contributed by atoms with Gasteiger partial charge < -0.3 is 44.5 Å². The summed E-state index contributed by atoms with van der Waals surface area (Å²) in [6.07, 6.45) is 11.4. The number of likely N-dealkylation sites (N-methyl/N-ethyl adjacent to an activating group) is 1. The molecule has 0 spiro atoms. The van der Waals surface area contributed by atoms with Crippen molar-refractivity contribution in [2.24, 2.45) is 10.8 Å². The number of pyridine rings is 1. The fourth-order valence-corrected chi connectivity index (χ4v) is 9.55. The second kappa shape index (κ2) is 21.7. The molecule has 4 aromatic heterocycles. The van der Waals surface area contributed by atoms with Crippen LogP contribution in [0.3, 0.4) is 0 Å². The number of fused-ring (bicyclic) bond motifs is 1. The van der Waals surface area contributed by atoms with Gasteiger partial charge in [0, 0.05) is 98.6 Å². The van der Waals surface area contributed by atoms with Gasteiger partial charge in [-0.2, -0.15) is 14.9 Å². The van der Waals surface area contributed by atoms with Crippen molar-refractivity contribution in [3.8, 4) is 17.7 Å². The molecule has 66 heavy (non-hydrogen) atoms. The van der Waals surface area contributed by atoms with Gasteiger partial charge in [0.05, 0.1) is 48.8 Å². The molecule has 1 aliphatic carbocycles. The van der Waals surface area contributed by atoms with E-state index < -0.39 is 10.8 Å². The van der Waals surface area contributed by atoms with E-state index in [-0.39, 0.29) is 30.7 Å². The quantitative estimate of drug-likeness (QED) is 0.0635. The van der Waals surface area contributed by atoms with Crippen LogP contribution in [0.15, 0.2) is 61.2 Å². The van der Waals surface area contributed by atoms with Crippen LogP contribution in [0, 0.1) is 22.2 Å². The van der Waals surface area contributed by atoms with E-state index in [4.69, 9.17) is 35.5 Å². The van der Waals surface area contributed by atoms with Gasteiger partial charge in [0.25, 0.3) is 5.91 Å². The molecule has 17 nitrogen and oxygen atoms in total. The molecule has 5 aromatic rings. The number of ether oxygens (including phenoxy) is 4. The van der Waals surface area contributed by atoms with Gasteiger partial charge in [0.2, 0.25) is 11.8 Å². The van der Waals surface area contributed by atoms with Crippen molar-refractivity contribution in [2.45, 2.75) is 91.5 Å². The lowest BCUT2D eigenvalue weighted by Gasteiger charge is -2.63. The summed E-state index contributed by atoms with van der Waals surface area (Å²) in [5, 5.41) is 30.6. The van der Waals surface area contributed by atoms with Gasteiger partial charge in [-0.25, -0.2) is 19.9 Å². The Hall–Kier alpha value is -5.80. The van der Waals surface area contributed by atoms with Gasteiger partial charge >= 0.3 is 0 Å². The van der Waals surface area contributed by atoms with E-state index in [2.05, 4.69) is 82.3 Å². The minimum atomic E-state index is -0.397. The maximum absolute atomic E-state index is 13.3. The number of nitriles is 1. The van der Waals surface area contributed by atoms with E-state index in [9.17, 15) is 15.2 Å². The van der Waals surface area contributed by atoms with E-state index in [0.29, 0.717) is 79.9 Å². The molecule has 1 amide bonds. The van der Waals surface area contributed by atoms with Gasteiger partial charge in [-0.05, 0) is 49.8 Å². The van der Waals surface area contributed by atoms with Crippen LogP contribution in [-0.4, -0.2) is 119 Å². The summed E-state index contributed by atoms with van der Waals surface area (Å²) in [5.41, 5.74) is 2.89. The molecule has 2 aliphatic rings. The number of nitrogens with one attached hydrogen (secondary N) is 2. The highest BCUT2D eigenvalue weighted by atomic mass is 35.5. The van der Waals surface area contributed by atoms with Crippen molar-refractivity contribution < 1.29 is 28.8 Å². The standard InChI is InChI=1S/C48H62ClN11O6/c1-7-33-31-55-60-39(25-40(56-42(33)60)59-16-9-8-10-36(59)15-18-61)51-27-32-11-14-41(52-28-32)65-23-22-64-21-20-63-19-17-58(6)46-53-29-35(30-54-46)43(62)57-44-47(2,3)45(48(44,4)5)66-37-13-12-34(26-50)38(49)24-37/h11-14,24-25,28-31,36,44-45,51,61H,7-10,15-23,27H2,1-6H3,(H,57,62)/t36-,44-,45-/m0/s1. The highest BCUT2D eigenvalue weighted by Gasteiger charge is 2.64. The highest BCUT2D eigenvalue weighted by Crippen LogP contribution is 2.55. The van der Waals surface area contributed by atoms with E-state index >= 15 is 0 Å². The molecule has 0 radical (unpaired) electrons. The number of nitrogens with zero attached hydrogens (tertiary/aromatic N) is 9. The predicted octanol–water partition coefficient (Wildman–Crippen LogP) is 6.52. The first-order valence-electron chi connectivity index (χ1n) is 22.8. The van der Waals surface area contributed by atoms with Gasteiger partial charge in [-0.1, -0.05) is 52.3 Å². The number of hydrogen-bond acceptors (Lipinski definition) is 15. The molecule has 7 rings (SSSR count). The molecule has 352 valence electrons. The second-order valence-electron chi connectivity index (χ2n) is 18.0. The summed E-state index contributed by atoms with van der Waals surface area (Å²) in [6.45, 7) is 14.5. The SMILES string of the molecule is CCc1cnn2c(NCc3ccc(OCCOCCOCCN(C)c4ncc(C(=O)N[C@H]5C(C)(C)[C@H](Oc6ccc(C#N)c(Cl)c6)C5(C)C)cn4)nc3)cc(N3CCCC[C@H]3CCO)nc12. The zero-order valence-electron chi connectivity index (χ0n) is 38.8. The number of carbonyl (C=O) groups excluding carboxylic acids is 1. The smallest absolute Gasteiger partial charge is 0.254 e. The number of aliphatic hydroxyl groups excluding tert-OH is 1. The minimum absolute atomic E-state index is 0.164. The Balaban J connectivity index is 0.776. The average Bonchev–Trinajstić information content (AvgIpc) is 3.75. The van der Waals surface area contributed by atoms with Gasteiger partial charge in [0.1, 0.15) is 36.2 Å². The topological polar surface area (TPSA) is 197 Å². The molecule has 3 N–H and O–H groups in total. The zero-order valence-corrected chi connectivity index (χ0v) is 39.6. The lowest BCUT2D eigenvalue weighted by atomic mass is 9.49. The monoisotopic (exact) mass is 923 g/mol. The molecule has 1 atom stereocenters. The Bertz CT molecular complexity index is 2420. The normalized spacial score (nSPS) is 18.6. The van der Waals surface area contributed by atoms with Crippen LogP contribution < -0.4 is 29.9 Å². The molecular formula is C48H62ClN11O6. The van der Waals surface area contributed by atoms with Crippen molar-refractivity contribution in [2.75, 3.05) is 74.9 Å². The van der Waals surface area contributed by atoms with Gasteiger partial charge in [0.15, 0.2) is 5.65 Å². The molecule has 18 heteroatoms. The number of carbonyl (C=O) groups is 1. The number of rotatable bonds is 22. The first kappa shape index (κ1) is 48.1. The lowest BCUT2D eigenvalue weighted by Crippen LogP contribution is -2.74. The minimum Gasteiger partial charge on any atom is -0.489 e. The number of aliphatic hydroxyl groups is 1. The fourth-order valence-electron chi connectivity index (χ4n) is 9.34. The number of hydrogen-bond donors (Lipinski definition) is 3. The number of piperidine rings is 1. The third-order valence-electron chi connectivity index (χ3n) is 12.7. The number of aryl methyl sites for hydroxylation is 1. The lowest BCUT2D eigenvalue weighted by molar-refractivity contribution is -0.164. The van der Waals surface area contributed by atoms with Crippen molar-refractivity contribution >= 4 is 40.7 Å². The van der Waals surface area contributed by atoms with Crippen LogP contribution in [-0.2, 0) is 22.4 Å². The van der Waals surface area contributed by atoms with E-state index in [1.54, 1.807) is 24.4 Å². The van der Waals surface area contributed by atoms with E-state index in [1.165, 1.54) is 12.4 Å². The van der Waals surface area contributed by atoms with Crippen LogP contribution in [0.25, 0.3) is 5.65 Å².